The van der Waals surface area contributed by atoms with Gasteiger partial charge in [0.25, 0.3) is 0 Å². The molecule has 2 heterocycles. The second kappa shape index (κ2) is 6.62. The predicted octanol–water partition coefficient (Wildman–Crippen LogP) is 4.08. The van der Waals surface area contributed by atoms with E-state index in [2.05, 4.69) is 65.6 Å². The van der Waals surface area contributed by atoms with Crippen LogP contribution in [0.3, 0.4) is 0 Å². The van der Waals surface area contributed by atoms with Crippen molar-refractivity contribution in [1.29, 1.82) is 0 Å². The van der Waals surface area contributed by atoms with Gasteiger partial charge >= 0.3 is 0 Å². The van der Waals surface area contributed by atoms with Crippen molar-refractivity contribution in [2.24, 2.45) is 11.7 Å². The van der Waals surface area contributed by atoms with Gasteiger partial charge < -0.3 is 10.6 Å². The number of piperidine rings is 1. The summed E-state index contributed by atoms with van der Waals surface area (Å²) >= 11 is 0. The first kappa shape index (κ1) is 15.2. The molecule has 0 amide bonds. The molecule has 0 unspecified atom stereocenters. The molecule has 1 aliphatic heterocycles. The molecule has 1 aliphatic rings. The molecular weight excluding hydrogens is 294 g/mol. The largest absolute Gasteiger partial charge is 0.357 e. The average molecular weight is 317 g/mol. The summed E-state index contributed by atoms with van der Waals surface area (Å²) < 4.78 is 0. The smallest absolute Gasteiger partial charge is 0.129 e. The Morgan fingerprint density at radius 1 is 0.917 bits per heavy atom. The molecule has 0 saturated carbocycles. The monoisotopic (exact) mass is 317 g/mol. The number of aromatic nitrogens is 1. The van der Waals surface area contributed by atoms with E-state index in [-0.39, 0.29) is 0 Å². The molecule has 0 aliphatic carbocycles. The van der Waals surface area contributed by atoms with Crippen LogP contribution in [0.2, 0.25) is 0 Å². The van der Waals surface area contributed by atoms with E-state index in [4.69, 9.17) is 10.7 Å². The number of benzene rings is 2. The Kier molecular flexibility index (Phi) is 4.18. The highest BCUT2D eigenvalue weighted by molar-refractivity contribution is 5.95. The number of rotatable bonds is 3. The summed E-state index contributed by atoms with van der Waals surface area (Å²) in [6.07, 6.45) is 2.33. The van der Waals surface area contributed by atoms with Gasteiger partial charge in [-0.05, 0) is 48.2 Å². The molecule has 122 valence electrons. The van der Waals surface area contributed by atoms with E-state index in [1.807, 2.05) is 0 Å². The lowest BCUT2D eigenvalue weighted by molar-refractivity contribution is 0.413. The van der Waals surface area contributed by atoms with Gasteiger partial charge in [-0.2, -0.15) is 0 Å². The fourth-order valence-electron chi connectivity index (χ4n) is 3.60. The molecule has 0 atom stereocenters. The number of nitrogens with zero attached hydrogens (tertiary/aromatic N) is 2. The Hall–Kier alpha value is -2.39. The number of fused-ring (bicyclic) bond motifs is 1. The average Bonchev–Trinajstić information content (AvgIpc) is 2.68. The molecule has 0 bridgehead atoms. The lowest BCUT2D eigenvalue weighted by atomic mass is 9.97. The molecule has 24 heavy (non-hydrogen) atoms. The van der Waals surface area contributed by atoms with Crippen molar-refractivity contribution < 1.29 is 0 Å². The zero-order chi connectivity index (χ0) is 16.4. The third-order valence-electron chi connectivity index (χ3n) is 5.07. The molecule has 3 heteroatoms. The fourth-order valence-corrected chi connectivity index (χ4v) is 3.60. The van der Waals surface area contributed by atoms with Crippen LogP contribution in [0.15, 0.2) is 60.7 Å². The van der Waals surface area contributed by atoms with Crippen LogP contribution in [0, 0.1) is 5.92 Å². The number of nitrogens with two attached hydrogens (primary N) is 1. The van der Waals surface area contributed by atoms with E-state index < -0.39 is 0 Å². The maximum Gasteiger partial charge on any atom is 0.129 e. The SMILES string of the molecule is NCC1CCN(c2cccc(-c3cccc4ccccc34)n2)CC1. The summed E-state index contributed by atoms with van der Waals surface area (Å²) in [5, 5.41) is 2.51. The van der Waals surface area contributed by atoms with Gasteiger partial charge in [-0.1, -0.05) is 48.5 Å². The van der Waals surface area contributed by atoms with Crippen LogP contribution in [-0.4, -0.2) is 24.6 Å². The van der Waals surface area contributed by atoms with E-state index in [0.29, 0.717) is 5.92 Å². The Morgan fingerprint density at radius 2 is 1.67 bits per heavy atom. The maximum atomic E-state index is 5.81. The van der Waals surface area contributed by atoms with Gasteiger partial charge in [0, 0.05) is 18.7 Å². The zero-order valence-corrected chi connectivity index (χ0v) is 13.9. The molecule has 1 aromatic heterocycles. The topological polar surface area (TPSA) is 42.1 Å². The van der Waals surface area contributed by atoms with Crippen molar-refractivity contribution in [3.8, 4) is 11.3 Å². The van der Waals surface area contributed by atoms with Crippen LogP contribution in [-0.2, 0) is 0 Å². The van der Waals surface area contributed by atoms with Crippen LogP contribution in [0.4, 0.5) is 5.82 Å². The number of pyridine rings is 1. The maximum absolute atomic E-state index is 5.81. The summed E-state index contributed by atoms with van der Waals surface area (Å²) in [4.78, 5) is 7.35. The van der Waals surface area contributed by atoms with Gasteiger partial charge in [-0.15, -0.1) is 0 Å². The first-order valence-corrected chi connectivity index (χ1v) is 8.75. The molecule has 1 saturated heterocycles. The van der Waals surface area contributed by atoms with E-state index >= 15 is 0 Å². The number of hydrogen-bond donors (Lipinski definition) is 1. The zero-order valence-electron chi connectivity index (χ0n) is 13.9. The molecule has 1 fully saturated rings. The number of hydrogen-bond acceptors (Lipinski definition) is 3. The molecule has 3 aromatic rings. The van der Waals surface area contributed by atoms with Crippen LogP contribution in [0.5, 0.6) is 0 Å². The molecule has 0 spiro atoms. The minimum Gasteiger partial charge on any atom is -0.357 e. The van der Waals surface area contributed by atoms with Gasteiger partial charge in [-0.25, -0.2) is 4.98 Å². The van der Waals surface area contributed by atoms with Gasteiger partial charge in [0.05, 0.1) is 5.69 Å². The molecule has 2 N–H and O–H groups in total. The summed E-state index contributed by atoms with van der Waals surface area (Å²) in [5.41, 5.74) is 8.05. The van der Waals surface area contributed by atoms with E-state index in [1.54, 1.807) is 0 Å². The Bertz CT molecular complexity index is 830. The van der Waals surface area contributed by atoms with Gasteiger partial charge in [0.15, 0.2) is 0 Å². The quantitative estimate of drug-likeness (QED) is 0.791. The van der Waals surface area contributed by atoms with Gasteiger partial charge in [0.2, 0.25) is 0 Å². The van der Waals surface area contributed by atoms with Crippen molar-refractivity contribution in [1.82, 2.24) is 4.98 Å². The fraction of sp³-hybridized carbons (Fsp3) is 0.286. The molecular formula is C21H23N3. The van der Waals surface area contributed by atoms with Gasteiger partial charge in [-0.3, -0.25) is 0 Å². The van der Waals surface area contributed by atoms with Crippen molar-refractivity contribution >= 4 is 16.6 Å². The van der Waals surface area contributed by atoms with Crippen molar-refractivity contribution in [2.75, 3.05) is 24.5 Å². The Labute approximate surface area is 143 Å². The second-order valence-electron chi connectivity index (χ2n) is 6.57. The summed E-state index contributed by atoms with van der Waals surface area (Å²) in [6, 6.07) is 21.3. The third kappa shape index (κ3) is 2.87. The van der Waals surface area contributed by atoms with Crippen LogP contribution >= 0.6 is 0 Å². The minimum absolute atomic E-state index is 0.669. The molecule has 3 nitrogen and oxygen atoms in total. The molecule has 4 rings (SSSR count). The van der Waals surface area contributed by atoms with E-state index in [9.17, 15) is 0 Å². The van der Waals surface area contributed by atoms with Crippen LogP contribution < -0.4 is 10.6 Å². The summed E-state index contributed by atoms with van der Waals surface area (Å²) in [6.45, 7) is 2.90. The third-order valence-corrected chi connectivity index (χ3v) is 5.07. The Balaban J connectivity index is 1.68. The predicted molar refractivity (Wildman–Crippen MR) is 101 cm³/mol. The number of anilines is 1. The van der Waals surface area contributed by atoms with Gasteiger partial charge in [0.1, 0.15) is 5.82 Å². The highest BCUT2D eigenvalue weighted by Crippen LogP contribution is 2.29. The normalized spacial score (nSPS) is 15.8. The summed E-state index contributed by atoms with van der Waals surface area (Å²) in [5.74, 6) is 1.75. The van der Waals surface area contributed by atoms with Crippen LogP contribution in [0.25, 0.3) is 22.0 Å². The highest BCUT2D eigenvalue weighted by Gasteiger charge is 2.19. The first-order valence-electron chi connectivity index (χ1n) is 8.75. The highest BCUT2D eigenvalue weighted by atomic mass is 15.2. The Morgan fingerprint density at radius 3 is 2.50 bits per heavy atom. The standard InChI is InChI=1S/C21H23N3/c22-15-16-11-13-24(14-12-16)21-10-4-9-20(23-21)19-8-3-6-17-5-1-2-7-18(17)19/h1-10,16H,11-15,22H2. The molecule has 0 radical (unpaired) electrons. The van der Waals surface area contributed by atoms with Crippen molar-refractivity contribution in [3.63, 3.8) is 0 Å². The lowest BCUT2D eigenvalue weighted by Gasteiger charge is -2.32. The van der Waals surface area contributed by atoms with Crippen molar-refractivity contribution in [3.05, 3.63) is 60.7 Å². The molecule has 2 aromatic carbocycles. The first-order chi connectivity index (χ1) is 11.8. The summed E-state index contributed by atoms with van der Waals surface area (Å²) in [7, 11) is 0. The second-order valence-corrected chi connectivity index (χ2v) is 6.57. The minimum atomic E-state index is 0.669. The van der Waals surface area contributed by atoms with Crippen LogP contribution in [0.1, 0.15) is 12.8 Å². The van der Waals surface area contributed by atoms with E-state index in [1.165, 1.54) is 16.3 Å². The van der Waals surface area contributed by atoms with E-state index in [0.717, 1.165) is 44.0 Å². The van der Waals surface area contributed by atoms with Crippen molar-refractivity contribution in [2.45, 2.75) is 12.8 Å². The lowest BCUT2D eigenvalue weighted by Crippen LogP contribution is -2.36.